The lowest BCUT2D eigenvalue weighted by Crippen LogP contribution is -2.30. The van der Waals surface area contributed by atoms with Crippen LogP contribution in [-0.4, -0.2) is 44.2 Å². The zero-order valence-corrected chi connectivity index (χ0v) is 15.9. The minimum atomic E-state index is -0.232. The Labute approximate surface area is 161 Å². The summed E-state index contributed by atoms with van der Waals surface area (Å²) < 4.78 is 1.88. The second kappa shape index (κ2) is 7.93. The summed E-state index contributed by atoms with van der Waals surface area (Å²) in [6.07, 6.45) is 2.00. The van der Waals surface area contributed by atoms with Crippen LogP contribution in [0.15, 0.2) is 30.3 Å². The van der Waals surface area contributed by atoms with Gasteiger partial charge in [0.1, 0.15) is 10.0 Å². The third-order valence-electron chi connectivity index (χ3n) is 4.68. The SMILES string of the molecule is Cc1c(C(=O)NCc2nnc(-c3ccccc3)s2)nnn1C1CCNCC1. The molecule has 1 fully saturated rings. The fourth-order valence-electron chi connectivity index (χ4n) is 3.21. The van der Waals surface area contributed by atoms with Crippen LogP contribution >= 0.6 is 11.3 Å². The first-order valence-corrected chi connectivity index (χ1v) is 9.82. The number of carbonyl (C=O) groups is 1. The Bertz CT molecular complexity index is 915. The van der Waals surface area contributed by atoms with Gasteiger partial charge in [-0.2, -0.15) is 0 Å². The van der Waals surface area contributed by atoms with Gasteiger partial charge in [0.05, 0.1) is 18.3 Å². The van der Waals surface area contributed by atoms with Crippen molar-refractivity contribution in [2.75, 3.05) is 13.1 Å². The van der Waals surface area contributed by atoms with E-state index in [2.05, 4.69) is 31.1 Å². The van der Waals surface area contributed by atoms with Gasteiger partial charge in [0.15, 0.2) is 5.69 Å². The van der Waals surface area contributed by atoms with Crippen LogP contribution in [0.25, 0.3) is 10.6 Å². The molecule has 0 aliphatic carbocycles. The van der Waals surface area contributed by atoms with Crippen molar-refractivity contribution in [3.63, 3.8) is 0 Å². The van der Waals surface area contributed by atoms with E-state index in [1.807, 2.05) is 41.9 Å². The van der Waals surface area contributed by atoms with Gasteiger partial charge in [0.2, 0.25) is 0 Å². The molecule has 4 rings (SSSR count). The molecule has 0 saturated carbocycles. The van der Waals surface area contributed by atoms with Crippen LogP contribution in [0, 0.1) is 6.92 Å². The summed E-state index contributed by atoms with van der Waals surface area (Å²) in [4.78, 5) is 12.5. The van der Waals surface area contributed by atoms with E-state index in [1.54, 1.807) is 0 Å². The van der Waals surface area contributed by atoms with E-state index in [0.29, 0.717) is 18.3 Å². The Morgan fingerprint density at radius 3 is 2.78 bits per heavy atom. The van der Waals surface area contributed by atoms with Gasteiger partial charge >= 0.3 is 0 Å². The maximum atomic E-state index is 12.5. The fraction of sp³-hybridized carbons (Fsp3) is 0.389. The Morgan fingerprint density at radius 2 is 2.00 bits per heavy atom. The number of hydrogen-bond acceptors (Lipinski definition) is 7. The van der Waals surface area contributed by atoms with Gasteiger partial charge < -0.3 is 10.6 Å². The van der Waals surface area contributed by atoms with E-state index < -0.39 is 0 Å². The summed E-state index contributed by atoms with van der Waals surface area (Å²) in [6.45, 7) is 4.15. The molecule has 1 saturated heterocycles. The first-order chi connectivity index (χ1) is 13.2. The number of piperidine rings is 1. The number of hydrogen-bond donors (Lipinski definition) is 2. The smallest absolute Gasteiger partial charge is 0.274 e. The molecule has 3 aromatic rings. The van der Waals surface area contributed by atoms with Crippen molar-refractivity contribution in [2.45, 2.75) is 32.4 Å². The third kappa shape index (κ3) is 3.88. The Kier molecular flexibility index (Phi) is 5.21. The average molecular weight is 383 g/mol. The normalized spacial score (nSPS) is 15.0. The first-order valence-electron chi connectivity index (χ1n) is 9.01. The molecule has 0 atom stereocenters. The predicted octanol–water partition coefficient (Wildman–Crippen LogP) is 1.96. The number of nitrogens with one attached hydrogen (secondary N) is 2. The van der Waals surface area contributed by atoms with E-state index in [0.717, 1.165) is 47.2 Å². The minimum absolute atomic E-state index is 0.232. The van der Waals surface area contributed by atoms with Crippen molar-refractivity contribution >= 4 is 17.2 Å². The second-order valence-electron chi connectivity index (χ2n) is 6.50. The van der Waals surface area contributed by atoms with E-state index in [1.165, 1.54) is 11.3 Å². The molecule has 3 heterocycles. The summed E-state index contributed by atoms with van der Waals surface area (Å²) in [6, 6.07) is 10.2. The maximum absolute atomic E-state index is 12.5. The van der Waals surface area contributed by atoms with Crippen molar-refractivity contribution < 1.29 is 4.79 Å². The number of nitrogens with zero attached hydrogens (tertiary/aromatic N) is 5. The van der Waals surface area contributed by atoms with E-state index in [4.69, 9.17) is 0 Å². The highest BCUT2D eigenvalue weighted by Gasteiger charge is 2.23. The molecule has 1 aliphatic heterocycles. The van der Waals surface area contributed by atoms with Crippen LogP contribution < -0.4 is 10.6 Å². The van der Waals surface area contributed by atoms with Crippen molar-refractivity contribution in [3.05, 3.63) is 46.7 Å². The summed E-state index contributed by atoms with van der Waals surface area (Å²) in [5.41, 5.74) is 2.20. The Morgan fingerprint density at radius 1 is 1.22 bits per heavy atom. The quantitative estimate of drug-likeness (QED) is 0.699. The van der Waals surface area contributed by atoms with Gasteiger partial charge in [-0.3, -0.25) is 4.79 Å². The van der Waals surface area contributed by atoms with Crippen molar-refractivity contribution in [2.24, 2.45) is 0 Å². The van der Waals surface area contributed by atoms with Crippen molar-refractivity contribution in [1.82, 2.24) is 35.8 Å². The van der Waals surface area contributed by atoms with E-state index in [9.17, 15) is 4.79 Å². The van der Waals surface area contributed by atoms with Crippen molar-refractivity contribution in [3.8, 4) is 10.6 Å². The second-order valence-corrected chi connectivity index (χ2v) is 7.56. The molecule has 0 unspecified atom stereocenters. The first kappa shape index (κ1) is 17.7. The van der Waals surface area contributed by atoms with Gasteiger partial charge in [0.25, 0.3) is 5.91 Å². The lowest BCUT2D eigenvalue weighted by atomic mass is 10.1. The minimum Gasteiger partial charge on any atom is -0.344 e. The topological polar surface area (TPSA) is 97.6 Å². The van der Waals surface area contributed by atoms with Crippen molar-refractivity contribution in [1.29, 1.82) is 0 Å². The highest BCUT2D eigenvalue weighted by molar-refractivity contribution is 7.14. The van der Waals surface area contributed by atoms with Gasteiger partial charge in [0, 0.05) is 5.56 Å². The van der Waals surface area contributed by atoms with Crippen LogP contribution in [0.3, 0.4) is 0 Å². The Balaban J connectivity index is 1.40. The number of aromatic nitrogens is 5. The standard InChI is InChI=1S/C18H21N7OS/c1-12-16(22-24-25(12)14-7-9-19-10-8-14)17(26)20-11-15-21-23-18(27-15)13-5-3-2-4-6-13/h2-6,14,19H,7-11H2,1H3,(H,20,26). The highest BCUT2D eigenvalue weighted by Crippen LogP contribution is 2.23. The third-order valence-corrected chi connectivity index (χ3v) is 5.66. The van der Waals surface area contributed by atoms with Crippen LogP contribution in [-0.2, 0) is 6.54 Å². The molecular formula is C18H21N7OS. The molecule has 9 heteroatoms. The van der Waals surface area contributed by atoms with Gasteiger partial charge in [-0.1, -0.05) is 46.9 Å². The van der Waals surface area contributed by atoms with E-state index >= 15 is 0 Å². The molecule has 8 nitrogen and oxygen atoms in total. The van der Waals surface area contributed by atoms with Gasteiger partial charge in [-0.25, -0.2) is 4.68 Å². The summed E-state index contributed by atoms with van der Waals surface area (Å²) in [5.74, 6) is -0.232. The van der Waals surface area contributed by atoms with Crippen LogP contribution in [0.5, 0.6) is 0 Å². The van der Waals surface area contributed by atoms with E-state index in [-0.39, 0.29) is 5.91 Å². The number of carbonyl (C=O) groups excluding carboxylic acids is 1. The molecule has 0 bridgehead atoms. The highest BCUT2D eigenvalue weighted by atomic mass is 32.1. The molecule has 2 N–H and O–H groups in total. The maximum Gasteiger partial charge on any atom is 0.274 e. The summed E-state index contributed by atoms with van der Waals surface area (Å²) in [5, 5.41) is 24.5. The summed E-state index contributed by atoms with van der Waals surface area (Å²) in [7, 11) is 0. The molecule has 0 spiro atoms. The number of amides is 1. The molecule has 140 valence electrons. The molecular weight excluding hydrogens is 362 g/mol. The lowest BCUT2D eigenvalue weighted by Gasteiger charge is -2.23. The molecule has 0 radical (unpaired) electrons. The molecule has 27 heavy (non-hydrogen) atoms. The molecule has 1 aliphatic rings. The molecule has 2 aromatic heterocycles. The molecule has 1 amide bonds. The summed E-state index contributed by atoms with van der Waals surface area (Å²) >= 11 is 1.47. The molecule has 1 aromatic carbocycles. The van der Waals surface area contributed by atoms with Crippen LogP contribution in [0.1, 0.15) is 40.1 Å². The van der Waals surface area contributed by atoms with Crippen LogP contribution in [0.2, 0.25) is 0 Å². The van der Waals surface area contributed by atoms with Crippen LogP contribution in [0.4, 0.5) is 0 Å². The monoisotopic (exact) mass is 383 g/mol. The van der Waals surface area contributed by atoms with Gasteiger partial charge in [-0.15, -0.1) is 15.3 Å². The zero-order valence-electron chi connectivity index (χ0n) is 15.1. The number of rotatable bonds is 5. The predicted molar refractivity (Wildman–Crippen MR) is 102 cm³/mol. The van der Waals surface area contributed by atoms with Gasteiger partial charge in [-0.05, 0) is 32.9 Å². The number of benzene rings is 1. The Hall–Kier alpha value is -2.65. The fourth-order valence-corrected chi connectivity index (χ4v) is 4.00. The average Bonchev–Trinajstić information content (AvgIpc) is 3.34. The lowest BCUT2D eigenvalue weighted by molar-refractivity contribution is 0.0945. The largest absolute Gasteiger partial charge is 0.344 e. The zero-order chi connectivity index (χ0) is 18.6.